The number of rotatable bonds is 2. The second-order valence-electron chi connectivity index (χ2n) is 5.88. The van der Waals surface area contributed by atoms with Crippen LogP contribution >= 0.6 is 15.9 Å². The summed E-state index contributed by atoms with van der Waals surface area (Å²) in [6.07, 6.45) is 6.96. The van der Waals surface area contributed by atoms with Crippen LogP contribution in [0.2, 0.25) is 0 Å². The van der Waals surface area contributed by atoms with Gasteiger partial charge in [-0.3, -0.25) is 4.79 Å². The maximum Gasteiger partial charge on any atom is 0.146 e. The standard InChI is InChI=1S/C16H18BrFO2/c17-12-9-11(18)5-6-13(12)20-15-10-14(19)16(15)7-3-1-2-4-8-16/h5-6,9,15H,1-4,7-8,10H2. The Bertz CT molecular complexity index is 521. The minimum Gasteiger partial charge on any atom is -0.488 e. The van der Waals surface area contributed by atoms with E-state index in [-0.39, 0.29) is 17.3 Å². The van der Waals surface area contributed by atoms with Gasteiger partial charge in [0.2, 0.25) is 0 Å². The maximum absolute atomic E-state index is 13.1. The van der Waals surface area contributed by atoms with Crippen molar-refractivity contribution in [1.29, 1.82) is 0 Å². The van der Waals surface area contributed by atoms with Crippen LogP contribution in [0.1, 0.15) is 44.9 Å². The molecule has 2 aliphatic carbocycles. The predicted molar refractivity (Wildman–Crippen MR) is 78.3 cm³/mol. The quantitative estimate of drug-likeness (QED) is 0.783. The molecule has 20 heavy (non-hydrogen) atoms. The lowest BCUT2D eigenvalue weighted by Gasteiger charge is -2.47. The highest BCUT2D eigenvalue weighted by Crippen LogP contribution is 2.50. The molecular weight excluding hydrogens is 323 g/mol. The normalized spacial score (nSPS) is 25.1. The van der Waals surface area contributed by atoms with Crippen LogP contribution in [0.3, 0.4) is 0 Å². The van der Waals surface area contributed by atoms with Crippen LogP contribution in [-0.2, 0) is 4.79 Å². The molecule has 2 nitrogen and oxygen atoms in total. The number of benzene rings is 1. The van der Waals surface area contributed by atoms with Crippen molar-refractivity contribution in [3.8, 4) is 5.75 Å². The van der Waals surface area contributed by atoms with Gasteiger partial charge in [-0.25, -0.2) is 4.39 Å². The molecule has 0 amide bonds. The van der Waals surface area contributed by atoms with E-state index in [1.165, 1.54) is 25.0 Å². The summed E-state index contributed by atoms with van der Waals surface area (Å²) in [4.78, 5) is 12.1. The third-order valence-corrected chi connectivity index (χ3v) is 5.32. The van der Waals surface area contributed by atoms with E-state index in [2.05, 4.69) is 15.9 Å². The Morgan fingerprint density at radius 2 is 1.90 bits per heavy atom. The first-order chi connectivity index (χ1) is 9.62. The van der Waals surface area contributed by atoms with Crippen molar-refractivity contribution in [3.63, 3.8) is 0 Å². The summed E-state index contributed by atoms with van der Waals surface area (Å²) in [7, 11) is 0. The van der Waals surface area contributed by atoms with Crippen molar-refractivity contribution in [2.75, 3.05) is 0 Å². The van der Waals surface area contributed by atoms with Gasteiger partial charge < -0.3 is 4.74 Å². The van der Waals surface area contributed by atoms with Crippen molar-refractivity contribution >= 4 is 21.7 Å². The fraction of sp³-hybridized carbons (Fsp3) is 0.562. The van der Waals surface area contributed by atoms with E-state index in [0.717, 1.165) is 25.7 Å². The number of ketones is 1. The predicted octanol–water partition coefficient (Wildman–Crippen LogP) is 4.65. The molecule has 0 saturated heterocycles. The van der Waals surface area contributed by atoms with Crippen LogP contribution in [-0.4, -0.2) is 11.9 Å². The summed E-state index contributed by atoms with van der Waals surface area (Å²) < 4.78 is 19.7. The van der Waals surface area contributed by atoms with Crippen LogP contribution in [0, 0.1) is 11.2 Å². The summed E-state index contributed by atoms with van der Waals surface area (Å²) in [5.41, 5.74) is -0.273. The first-order valence-corrected chi connectivity index (χ1v) is 8.06. The number of ether oxygens (including phenoxy) is 1. The topological polar surface area (TPSA) is 26.3 Å². The molecule has 1 unspecified atom stereocenters. The zero-order valence-electron chi connectivity index (χ0n) is 11.3. The zero-order chi connectivity index (χ0) is 14.2. The van der Waals surface area contributed by atoms with E-state index in [0.29, 0.717) is 22.4 Å². The molecule has 0 heterocycles. The summed E-state index contributed by atoms with van der Waals surface area (Å²) in [5, 5.41) is 0. The van der Waals surface area contributed by atoms with Gasteiger partial charge in [-0.15, -0.1) is 0 Å². The smallest absolute Gasteiger partial charge is 0.146 e. The average Bonchev–Trinajstić information content (AvgIpc) is 2.69. The molecule has 1 aromatic rings. The van der Waals surface area contributed by atoms with Gasteiger partial charge in [0.25, 0.3) is 0 Å². The van der Waals surface area contributed by atoms with E-state index >= 15 is 0 Å². The molecule has 2 fully saturated rings. The molecule has 0 radical (unpaired) electrons. The Kier molecular flexibility index (Phi) is 3.85. The summed E-state index contributed by atoms with van der Waals surface area (Å²) in [6, 6.07) is 4.42. The minimum atomic E-state index is -0.293. The second kappa shape index (κ2) is 5.47. The van der Waals surface area contributed by atoms with E-state index < -0.39 is 0 Å². The molecule has 4 heteroatoms. The summed E-state index contributed by atoms with van der Waals surface area (Å²) >= 11 is 3.32. The van der Waals surface area contributed by atoms with Gasteiger partial charge in [0.1, 0.15) is 23.5 Å². The van der Waals surface area contributed by atoms with E-state index in [1.807, 2.05) is 0 Å². The van der Waals surface area contributed by atoms with Crippen molar-refractivity contribution in [3.05, 3.63) is 28.5 Å². The van der Waals surface area contributed by atoms with Gasteiger partial charge in [-0.1, -0.05) is 25.7 Å². The lowest BCUT2D eigenvalue weighted by molar-refractivity contribution is -0.154. The lowest BCUT2D eigenvalue weighted by Crippen LogP contribution is -2.56. The van der Waals surface area contributed by atoms with Gasteiger partial charge in [0.05, 0.1) is 9.89 Å². The summed E-state index contributed by atoms with van der Waals surface area (Å²) in [6.45, 7) is 0. The van der Waals surface area contributed by atoms with Gasteiger partial charge in [0, 0.05) is 6.42 Å². The third-order valence-electron chi connectivity index (χ3n) is 4.70. The second-order valence-corrected chi connectivity index (χ2v) is 6.73. The molecule has 2 aliphatic rings. The molecule has 1 aromatic carbocycles. The van der Waals surface area contributed by atoms with Crippen molar-refractivity contribution in [1.82, 2.24) is 0 Å². The number of hydrogen-bond donors (Lipinski definition) is 0. The van der Waals surface area contributed by atoms with E-state index in [9.17, 15) is 9.18 Å². The first kappa shape index (κ1) is 14.1. The van der Waals surface area contributed by atoms with Crippen LogP contribution < -0.4 is 4.74 Å². The van der Waals surface area contributed by atoms with Crippen molar-refractivity contribution < 1.29 is 13.9 Å². The highest BCUT2D eigenvalue weighted by atomic mass is 79.9. The number of hydrogen-bond acceptors (Lipinski definition) is 2. The molecule has 2 saturated carbocycles. The van der Waals surface area contributed by atoms with E-state index in [4.69, 9.17) is 4.74 Å². The first-order valence-electron chi connectivity index (χ1n) is 7.27. The molecule has 0 N–H and O–H groups in total. The van der Waals surface area contributed by atoms with Gasteiger partial charge in [-0.05, 0) is 47.0 Å². The molecule has 3 rings (SSSR count). The SMILES string of the molecule is O=C1CC(Oc2ccc(F)cc2Br)C12CCCCCC2. The van der Waals surface area contributed by atoms with Gasteiger partial charge in [-0.2, -0.15) is 0 Å². The number of Topliss-reactive ketones (excluding diaryl/α,β-unsaturated/α-hetero) is 1. The van der Waals surface area contributed by atoms with E-state index in [1.54, 1.807) is 6.07 Å². The van der Waals surface area contributed by atoms with Crippen LogP contribution in [0.15, 0.2) is 22.7 Å². The Hall–Kier alpha value is -0.900. The fourth-order valence-corrected chi connectivity index (χ4v) is 3.90. The average molecular weight is 341 g/mol. The minimum absolute atomic E-state index is 0.0464. The Balaban J connectivity index is 1.78. The van der Waals surface area contributed by atoms with Crippen LogP contribution in [0.5, 0.6) is 5.75 Å². The number of carbonyl (C=O) groups excluding carboxylic acids is 1. The molecule has 1 spiro atoms. The van der Waals surface area contributed by atoms with Crippen LogP contribution in [0.25, 0.3) is 0 Å². The highest BCUT2D eigenvalue weighted by Gasteiger charge is 2.55. The fourth-order valence-electron chi connectivity index (χ4n) is 3.45. The largest absolute Gasteiger partial charge is 0.488 e. The number of carbonyl (C=O) groups is 1. The van der Waals surface area contributed by atoms with Crippen LogP contribution in [0.4, 0.5) is 4.39 Å². The maximum atomic E-state index is 13.1. The number of halogens is 2. The molecule has 108 valence electrons. The third kappa shape index (κ3) is 2.39. The lowest BCUT2D eigenvalue weighted by atomic mass is 9.60. The molecule has 1 atom stereocenters. The zero-order valence-corrected chi connectivity index (χ0v) is 12.9. The molecular formula is C16H18BrFO2. The summed E-state index contributed by atoms with van der Waals surface area (Å²) in [5.74, 6) is 0.688. The molecule has 0 aliphatic heterocycles. The highest BCUT2D eigenvalue weighted by molar-refractivity contribution is 9.10. The van der Waals surface area contributed by atoms with Crippen molar-refractivity contribution in [2.45, 2.75) is 51.0 Å². The molecule has 0 bridgehead atoms. The monoisotopic (exact) mass is 340 g/mol. The molecule has 0 aromatic heterocycles. The van der Waals surface area contributed by atoms with Crippen molar-refractivity contribution in [2.24, 2.45) is 5.41 Å². The van der Waals surface area contributed by atoms with Gasteiger partial charge in [0.15, 0.2) is 0 Å². The Labute approximate surface area is 126 Å². The Morgan fingerprint density at radius 1 is 1.20 bits per heavy atom. The Morgan fingerprint density at radius 3 is 2.50 bits per heavy atom. The van der Waals surface area contributed by atoms with Gasteiger partial charge >= 0.3 is 0 Å².